The average Bonchev–Trinajstić information content (AvgIpc) is 2.48. The zero-order valence-electron chi connectivity index (χ0n) is 11.9. The number of hydrogen-bond donors (Lipinski definition) is 3. The number of pyridine rings is 1. The van der Waals surface area contributed by atoms with Crippen LogP contribution in [0.5, 0.6) is 0 Å². The van der Waals surface area contributed by atoms with E-state index in [0.29, 0.717) is 5.82 Å². The predicted octanol–water partition coefficient (Wildman–Crippen LogP) is 2.80. The molecular weight excluding hydrogens is 266 g/mol. The second-order valence-corrected chi connectivity index (χ2v) is 5.03. The summed E-state index contributed by atoms with van der Waals surface area (Å²) in [6, 6.07) is 11.9. The van der Waals surface area contributed by atoms with Gasteiger partial charge in [-0.2, -0.15) is 0 Å². The summed E-state index contributed by atoms with van der Waals surface area (Å²) >= 11 is 0. The molecule has 5 nitrogen and oxygen atoms in total. The Balaban J connectivity index is 1.95. The molecule has 0 fully saturated rings. The number of carboxylic acid groups (broad SMARTS) is 1. The fourth-order valence-electron chi connectivity index (χ4n) is 2.08. The van der Waals surface area contributed by atoms with E-state index in [4.69, 9.17) is 10.8 Å². The first-order valence-corrected chi connectivity index (χ1v) is 6.85. The van der Waals surface area contributed by atoms with E-state index in [9.17, 15) is 4.79 Å². The third kappa shape index (κ3) is 4.21. The number of carbonyl (C=O) groups is 1. The number of anilines is 2. The van der Waals surface area contributed by atoms with Crippen LogP contribution in [0.15, 0.2) is 42.6 Å². The van der Waals surface area contributed by atoms with E-state index >= 15 is 0 Å². The number of nitrogen functional groups attached to an aromatic ring is 1. The molecule has 4 N–H and O–H groups in total. The lowest BCUT2D eigenvalue weighted by atomic mass is 10.1. The fraction of sp³-hybridized carbons (Fsp3) is 0.250. The molecule has 1 heterocycles. The van der Waals surface area contributed by atoms with Crippen molar-refractivity contribution in [1.29, 1.82) is 0 Å². The number of nitrogens with zero attached hydrogens (tertiary/aromatic N) is 1. The van der Waals surface area contributed by atoms with E-state index in [1.54, 1.807) is 0 Å². The molecule has 1 unspecified atom stereocenters. The molecule has 2 rings (SSSR count). The van der Waals surface area contributed by atoms with Gasteiger partial charge in [0.15, 0.2) is 0 Å². The van der Waals surface area contributed by atoms with Crippen molar-refractivity contribution >= 4 is 17.5 Å². The molecule has 2 aromatic rings. The van der Waals surface area contributed by atoms with E-state index in [0.717, 1.165) is 12.8 Å². The molecule has 110 valence electrons. The Bertz CT molecular complexity index is 614. The topological polar surface area (TPSA) is 88.2 Å². The number of nitrogens with two attached hydrogens (primary N) is 1. The zero-order chi connectivity index (χ0) is 15.2. The van der Waals surface area contributed by atoms with Crippen LogP contribution in [0.3, 0.4) is 0 Å². The standard InChI is InChI=1S/C16H19N3O2/c1-11(7-8-12-5-3-2-4-6-12)19-15-9-13(16(20)21)14(17)10-18-15/h2-6,9-11H,7-8,17H2,1H3,(H,18,19)(H,20,21). The number of carboxylic acids is 1. The zero-order valence-corrected chi connectivity index (χ0v) is 11.9. The van der Waals surface area contributed by atoms with Gasteiger partial charge in [0.25, 0.3) is 0 Å². The van der Waals surface area contributed by atoms with Gasteiger partial charge in [-0.15, -0.1) is 0 Å². The summed E-state index contributed by atoms with van der Waals surface area (Å²) in [5.74, 6) is -0.517. The number of nitrogens with one attached hydrogen (secondary N) is 1. The highest BCUT2D eigenvalue weighted by atomic mass is 16.4. The van der Waals surface area contributed by atoms with Crippen molar-refractivity contribution in [3.8, 4) is 0 Å². The van der Waals surface area contributed by atoms with Crippen LogP contribution in [0.1, 0.15) is 29.3 Å². The molecule has 0 spiro atoms. The number of benzene rings is 1. The van der Waals surface area contributed by atoms with Gasteiger partial charge < -0.3 is 16.2 Å². The number of aromatic carboxylic acids is 1. The third-order valence-electron chi connectivity index (χ3n) is 3.27. The van der Waals surface area contributed by atoms with Gasteiger partial charge in [0, 0.05) is 6.04 Å². The van der Waals surface area contributed by atoms with Gasteiger partial charge >= 0.3 is 5.97 Å². The van der Waals surface area contributed by atoms with Gasteiger partial charge in [-0.3, -0.25) is 0 Å². The first kappa shape index (κ1) is 14.8. The Labute approximate surface area is 123 Å². The second kappa shape index (κ2) is 6.74. The Morgan fingerprint density at radius 1 is 1.38 bits per heavy atom. The van der Waals surface area contributed by atoms with Crippen LogP contribution in [-0.2, 0) is 6.42 Å². The van der Waals surface area contributed by atoms with Crippen LogP contribution in [0.2, 0.25) is 0 Å². The van der Waals surface area contributed by atoms with Crippen molar-refractivity contribution in [3.63, 3.8) is 0 Å². The normalized spacial score (nSPS) is 11.9. The molecule has 1 aromatic heterocycles. The first-order valence-electron chi connectivity index (χ1n) is 6.85. The number of rotatable bonds is 6. The minimum atomic E-state index is -1.05. The van der Waals surface area contributed by atoms with Gasteiger partial charge in [-0.25, -0.2) is 9.78 Å². The lowest BCUT2D eigenvalue weighted by molar-refractivity contribution is 0.0698. The molecule has 0 amide bonds. The van der Waals surface area contributed by atoms with E-state index in [-0.39, 0.29) is 17.3 Å². The lowest BCUT2D eigenvalue weighted by Crippen LogP contribution is -2.17. The minimum Gasteiger partial charge on any atom is -0.478 e. The summed E-state index contributed by atoms with van der Waals surface area (Å²) < 4.78 is 0. The van der Waals surface area contributed by atoms with Crippen LogP contribution < -0.4 is 11.1 Å². The maximum atomic E-state index is 11.0. The Kier molecular flexibility index (Phi) is 4.77. The van der Waals surface area contributed by atoms with Crippen molar-refractivity contribution in [3.05, 3.63) is 53.7 Å². The second-order valence-electron chi connectivity index (χ2n) is 5.03. The Hall–Kier alpha value is -2.56. The van der Waals surface area contributed by atoms with Gasteiger partial charge in [0.1, 0.15) is 5.82 Å². The van der Waals surface area contributed by atoms with Crippen molar-refractivity contribution in [1.82, 2.24) is 4.98 Å². The molecule has 1 atom stereocenters. The monoisotopic (exact) mass is 285 g/mol. The molecule has 0 bridgehead atoms. The first-order chi connectivity index (χ1) is 10.1. The highest BCUT2D eigenvalue weighted by molar-refractivity contribution is 5.94. The van der Waals surface area contributed by atoms with E-state index < -0.39 is 5.97 Å². The third-order valence-corrected chi connectivity index (χ3v) is 3.27. The molecule has 0 aliphatic heterocycles. The number of aromatic nitrogens is 1. The number of hydrogen-bond acceptors (Lipinski definition) is 4. The molecule has 0 radical (unpaired) electrons. The van der Waals surface area contributed by atoms with Gasteiger partial charge in [0.05, 0.1) is 17.4 Å². The minimum absolute atomic E-state index is 0.0720. The summed E-state index contributed by atoms with van der Waals surface area (Å²) in [5, 5.41) is 12.2. The number of aryl methyl sites for hydroxylation is 1. The lowest BCUT2D eigenvalue weighted by Gasteiger charge is -2.15. The quantitative estimate of drug-likeness (QED) is 0.759. The largest absolute Gasteiger partial charge is 0.478 e. The average molecular weight is 285 g/mol. The Morgan fingerprint density at radius 3 is 2.76 bits per heavy atom. The molecule has 0 saturated heterocycles. The van der Waals surface area contributed by atoms with Crippen molar-refractivity contribution < 1.29 is 9.90 Å². The van der Waals surface area contributed by atoms with Gasteiger partial charge in [-0.1, -0.05) is 30.3 Å². The summed E-state index contributed by atoms with van der Waals surface area (Å²) in [7, 11) is 0. The molecule has 21 heavy (non-hydrogen) atoms. The fourth-order valence-corrected chi connectivity index (χ4v) is 2.08. The van der Waals surface area contributed by atoms with Crippen LogP contribution in [0.25, 0.3) is 0 Å². The molecule has 0 aliphatic carbocycles. The summed E-state index contributed by atoms with van der Waals surface area (Å²) in [6.07, 6.45) is 3.25. The van der Waals surface area contributed by atoms with E-state index in [2.05, 4.69) is 22.4 Å². The van der Waals surface area contributed by atoms with Crippen LogP contribution in [-0.4, -0.2) is 22.1 Å². The molecule has 0 aliphatic rings. The molecule has 0 saturated carbocycles. The summed E-state index contributed by atoms with van der Waals surface area (Å²) in [4.78, 5) is 15.2. The van der Waals surface area contributed by atoms with Crippen LogP contribution >= 0.6 is 0 Å². The highest BCUT2D eigenvalue weighted by Gasteiger charge is 2.11. The molecule has 1 aromatic carbocycles. The predicted molar refractivity (Wildman–Crippen MR) is 83.5 cm³/mol. The van der Waals surface area contributed by atoms with Gasteiger partial charge in [-0.05, 0) is 31.4 Å². The maximum Gasteiger partial charge on any atom is 0.337 e. The summed E-state index contributed by atoms with van der Waals surface area (Å²) in [5.41, 5.74) is 7.11. The van der Waals surface area contributed by atoms with E-state index in [1.807, 2.05) is 25.1 Å². The van der Waals surface area contributed by atoms with Crippen molar-refractivity contribution in [2.24, 2.45) is 0 Å². The molecule has 5 heteroatoms. The Morgan fingerprint density at radius 2 is 2.10 bits per heavy atom. The van der Waals surface area contributed by atoms with Crippen LogP contribution in [0.4, 0.5) is 11.5 Å². The summed E-state index contributed by atoms with van der Waals surface area (Å²) in [6.45, 7) is 2.04. The van der Waals surface area contributed by atoms with Crippen molar-refractivity contribution in [2.45, 2.75) is 25.8 Å². The maximum absolute atomic E-state index is 11.0. The van der Waals surface area contributed by atoms with E-state index in [1.165, 1.54) is 17.8 Å². The SMILES string of the molecule is CC(CCc1ccccc1)Nc1cc(C(=O)O)c(N)cn1. The van der Waals surface area contributed by atoms with Crippen molar-refractivity contribution in [2.75, 3.05) is 11.1 Å². The van der Waals surface area contributed by atoms with Gasteiger partial charge in [0.2, 0.25) is 0 Å². The van der Waals surface area contributed by atoms with Crippen LogP contribution in [0, 0.1) is 0 Å². The smallest absolute Gasteiger partial charge is 0.337 e. The highest BCUT2D eigenvalue weighted by Crippen LogP contribution is 2.16. The molecular formula is C16H19N3O2.